The minimum absolute atomic E-state index is 0.168. The first-order chi connectivity index (χ1) is 8.90. The van der Waals surface area contributed by atoms with E-state index in [0.717, 1.165) is 18.9 Å². The van der Waals surface area contributed by atoms with Crippen molar-refractivity contribution in [2.24, 2.45) is 0 Å². The molecule has 0 unspecified atom stereocenters. The van der Waals surface area contributed by atoms with Gasteiger partial charge in [0.05, 0.1) is 11.7 Å². The van der Waals surface area contributed by atoms with Gasteiger partial charge in [-0.15, -0.1) is 0 Å². The van der Waals surface area contributed by atoms with Gasteiger partial charge in [0, 0.05) is 24.0 Å². The molecular formula is C13H17F3N2O. The van der Waals surface area contributed by atoms with Crippen LogP contribution in [0.25, 0.3) is 0 Å². The second-order valence-electron chi connectivity index (χ2n) is 4.69. The highest BCUT2D eigenvalue weighted by molar-refractivity contribution is 5.58. The van der Waals surface area contributed by atoms with E-state index in [1.54, 1.807) is 6.07 Å². The molecule has 0 bridgehead atoms. The Bertz CT molecular complexity index is 442. The first-order valence-electron chi connectivity index (χ1n) is 6.25. The van der Waals surface area contributed by atoms with Crippen molar-refractivity contribution in [1.29, 1.82) is 0 Å². The van der Waals surface area contributed by atoms with E-state index in [1.807, 2.05) is 6.92 Å². The van der Waals surface area contributed by atoms with Crippen LogP contribution < -0.4 is 11.1 Å². The quantitative estimate of drug-likeness (QED) is 0.828. The summed E-state index contributed by atoms with van der Waals surface area (Å²) < 4.78 is 43.5. The topological polar surface area (TPSA) is 47.3 Å². The fourth-order valence-electron chi connectivity index (χ4n) is 2.18. The van der Waals surface area contributed by atoms with Crippen molar-refractivity contribution >= 4 is 11.4 Å². The van der Waals surface area contributed by atoms with E-state index in [0.29, 0.717) is 12.3 Å². The molecular weight excluding hydrogens is 257 g/mol. The zero-order valence-electron chi connectivity index (χ0n) is 10.6. The predicted molar refractivity (Wildman–Crippen MR) is 67.9 cm³/mol. The number of nitrogen functional groups attached to an aromatic ring is 1. The Morgan fingerprint density at radius 1 is 1.37 bits per heavy atom. The summed E-state index contributed by atoms with van der Waals surface area (Å²) in [4.78, 5) is 0. The van der Waals surface area contributed by atoms with Crippen LogP contribution in [0, 0.1) is 0 Å². The molecule has 1 aromatic rings. The monoisotopic (exact) mass is 274 g/mol. The van der Waals surface area contributed by atoms with Crippen molar-refractivity contribution in [2.75, 3.05) is 17.7 Å². The average Bonchev–Trinajstić information content (AvgIpc) is 2.27. The highest BCUT2D eigenvalue weighted by Gasteiger charge is 2.34. The van der Waals surface area contributed by atoms with Crippen LogP contribution in [0.4, 0.5) is 24.5 Å². The molecule has 1 saturated carbocycles. The van der Waals surface area contributed by atoms with Crippen molar-refractivity contribution in [3.05, 3.63) is 23.8 Å². The fourth-order valence-corrected chi connectivity index (χ4v) is 2.18. The summed E-state index contributed by atoms with van der Waals surface area (Å²) in [6.07, 6.45) is -2.56. The minimum atomic E-state index is -4.42. The van der Waals surface area contributed by atoms with Gasteiger partial charge in [-0.1, -0.05) is 0 Å². The van der Waals surface area contributed by atoms with Crippen LogP contribution in [0.2, 0.25) is 0 Å². The van der Waals surface area contributed by atoms with E-state index >= 15 is 0 Å². The van der Waals surface area contributed by atoms with E-state index in [1.165, 1.54) is 6.07 Å². The smallest absolute Gasteiger partial charge is 0.398 e. The number of anilines is 2. The molecule has 1 fully saturated rings. The lowest BCUT2D eigenvalue weighted by Gasteiger charge is -2.36. The summed E-state index contributed by atoms with van der Waals surface area (Å²) in [6, 6.07) is 4.08. The molecule has 0 aromatic heterocycles. The molecule has 0 radical (unpaired) electrons. The van der Waals surface area contributed by atoms with E-state index < -0.39 is 11.7 Å². The Kier molecular flexibility index (Phi) is 3.89. The van der Waals surface area contributed by atoms with Crippen LogP contribution in [0.1, 0.15) is 25.3 Å². The SMILES string of the molecule is CCOC1CC(Nc2ccc(N)c(C(F)(F)F)c2)C1. The van der Waals surface area contributed by atoms with Crippen molar-refractivity contribution in [3.8, 4) is 0 Å². The van der Waals surface area contributed by atoms with E-state index in [-0.39, 0.29) is 17.8 Å². The van der Waals surface area contributed by atoms with Gasteiger partial charge in [-0.25, -0.2) is 0 Å². The molecule has 0 saturated heterocycles. The van der Waals surface area contributed by atoms with Gasteiger partial charge in [-0.2, -0.15) is 13.2 Å². The zero-order chi connectivity index (χ0) is 14.0. The third kappa shape index (κ3) is 3.32. The maximum Gasteiger partial charge on any atom is 0.418 e. The lowest BCUT2D eigenvalue weighted by molar-refractivity contribution is -0.136. The average molecular weight is 274 g/mol. The molecule has 3 nitrogen and oxygen atoms in total. The molecule has 19 heavy (non-hydrogen) atoms. The van der Waals surface area contributed by atoms with Crippen molar-refractivity contribution in [2.45, 2.75) is 38.1 Å². The summed E-state index contributed by atoms with van der Waals surface area (Å²) in [6.45, 7) is 2.59. The zero-order valence-corrected chi connectivity index (χ0v) is 10.6. The second kappa shape index (κ2) is 5.28. The van der Waals surface area contributed by atoms with Crippen LogP contribution in [0.5, 0.6) is 0 Å². The van der Waals surface area contributed by atoms with Gasteiger partial charge in [0.25, 0.3) is 0 Å². The van der Waals surface area contributed by atoms with Crippen LogP contribution >= 0.6 is 0 Å². The molecule has 1 aromatic carbocycles. The third-order valence-corrected chi connectivity index (χ3v) is 3.23. The summed E-state index contributed by atoms with van der Waals surface area (Å²) in [5.41, 5.74) is 4.75. The first kappa shape index (κ1) is 14.0. The second-order valence-corrected chi connectivity index (χ2v) is 4.69. The van der Waals surface area contributed by atoms with Crippen LogP contribution in [-0.2, 0) is 10.9 Å². The number of nitrogens with two attached hydrogens (primary N) is 1. The Labute approximate surface area is 109 Å². The number of halogens is 3. The van der Waals surface area contributed by atoms with E-state index in [2.05, 4.69) is 5.32 Å². The van der Waals surface area contributed by atoms with Crippen LogP contribution in [0.3, 0.4) is 0 Å². The molecule has 3 N–H and O–H groups in total. The molecule has 106 valence electrons. The number of benzene rings is 1. The number of alkyl halides is 3. The van der Waals surface area contributed by atoms with Crippen molar-refractivity contribution in [3.63, 3.8) is 0 Å². The molecule has 0 amide bonds. The highest BCUT2D eigenvalue weighted by Crippen LogP contribution is 2.36. The lowest BCUT2D eigenvalue weighted by Crippen LogP contribution is -2.40. The van der Waals surface area contributed by atoms with Gasteiger partial charge in [0.2, 0.25) is 0 Å². The Morgan fingerprint density at radius 3 is 2.63 bits per heavy atom. The number of nitrogens with one attached hydrogen (secondary N) is 1. The number of hydrogen-bond acceptors (Lipinski definition) is 3. The Morgan fingerprint density at radius 2 is 2.05 bits per heavy atom. The van der Waals surface area contributed by atoms with Gasteiger partial charge in [0.1, 0.15) is 0 Å². The number of ether oxygens (including phenoxy) is 1. The Hall–Kier alpha value is -1.43. The largest absolute Gasteiger partial charge is 0.418 e. The summed E-state index contributed by atoms with van der Waals surface area (Å²) in [5.74, 6) is 0. The fraction of sp³-hybridized carbons (Fsp3) is 0.538. The number of rotatable bonds is 4. The predicted octanol–water partition coefficient (Wildman–Crippen LogP) is 3.27. The maximum absolute atomic E-state index is 12.7. The van der Waals surface area contributed by atoms with Gasteiger partial charge in [0.15, 0.2) is 0 Å². The van der Waals surface area contributed by atoms with E-state index in [9.17, 15) is 13.2 Å². The van der Waals surface area contributed by atoms with Gasteiger partial charge in [-0.3, -0.25) is 0 Å². The normalized spacial score (nSPS) is 22.9. The summed E-state index contributed by atoms with van der Waals surface area (Å²) in [5, 5.41) is 3.07. The van der Waals surface area contributed by atoms with Crippen molar-refractivity contribution in [1.82, 2.24) is 0 Å². The van der Waals surface area contributed by atoms with Gasteiger partial charge >= 0.3 is 6.18 Å². The minimum Gasteiger partial charge on any atom is -0.398 e. The molecule has 6 heteroatoms. The summed E-state index contributed by atoms with van der Waals surface area (Å²) >= 11 is 0. The molecule has 0 spiro atoms. The number of hydrogen-bond donors (Lipinski definition) is 2. The van der Waals surface area contributed by atoms with Gasteiger partial charge in [-0.05, 0) is 38.0 Å². The van der Waals surface area contributed by atoms with Crippen molar-refractivity contribution < 1.29 is 17.9 Å². The molecule has 0 aliphatic heterocycles. The van der Waals surface area contributed by atoms with Gasteiger partial charge < -0.3 is 15.8 Å². The molecule has 2 rings (SSSR count). The third-order valence-electron chi connectivity index (χ3n) is 3.23. The molecule has 0 atom stereocenters. The van der Waals surface area contributed by atoms with Crippen LogP contribution in [-0.4, -0.2) is 18.8 Å². The molecule has 1 aliphatic carbocycles. The molecule has 1 aliphatic rings. The Balaban J connectivity index is 1.99. The maximum atomic E-state index is 12.7. The standard InChI is InChI=1S/C13H17F3N2O/c1-2-19-10-5-9(6-10)18-8-3-4-12(17)11(7-8)13(14,15)16/h3-4,7,9-10,18H,2,5-6,17H2,1H3. The first-order valence-corrected chi connectivity index (χ1v) is 6.25. The lowest BCUT2D eigenvalue weighted by atomic mass is 9.89. The van der Waals surface area contributed by atoms with Crippen LogP contribution in [0.15, 0.2) is 18.2 Å². The highest BCUT2D eigenvalue weighted by atomic mass is 19.4. The summed E-state index contributed by atoms with van der Waals surface area (Å²) in [7, 11) is 0. The molecule has 0 heterocycles. The van der Waals surface area contributed by atoms with E-state index in [4.69, 9.17) is 10.5 Å².